The van der Waals surface area contributed by atoms with Crippen molar-refractivity contribution in [3.05, 3.63) is 83.6 Å². The van der Waals surface area contributed by atoms with Crippen LogP contribution in [0.1, 0.15) is 18.7 Å². The lowest BCUT2D eigenvalue weighted by Gasteiger charge is -2.18. The number of aryl methyl sites for hydroxylation is 1. The minimum absolute atomic E-state index is 0.0186. The van der Waals surface area contributed by atoms with Crippen molar-refractivity contribution >= 4 is 51.1 Å². The van der Waals surface area contributed by atoms with Gasteiger partial charge in [0.25, 0.3) is 0 Å². The van der Waals surface area contributed by atoms with E-state index in [9.17, 15) is 4.79 Å². The number of rotatable bonds is 5. The van der Waals surface area contributed by atoms with Gasteiger partial charge < -0.3 is 14.6 Å². The van der Waals surface area contributed by atoms with Crippen LogP contribution in [0.15, 0.2) is 77.2 Å². The third-order valence-corrected chi connectivity index (χ3v) is 6.93. The number of amides is 1. The van der Waals surface area contributed by atoms with Gasteiger partial charge in [0.2, 0.25) is 5.91 Å². The first kappa shape index (κ1) is 22.6. The van der Waals surface area contributed by atoms with Gasteiger partial charge in [-0.25, -0.2) is 9.97 Å². The Labute approximate surface area is 213 Å². The number of hydrogen-bond acceptors (Lipinski definition) is 5. The lowest BCUT2D eigenvalue weighted by Crippen LogP contribution is -2.23. The van der Waals surface area contributed by atoms with Gasteiger partial charge in [-0.15, -0.1) is 0 Å². The molecule has 0 aliphatic carbocycles. The van der Waals surface area contributed by atoms with Crippen LogP contribution in [-0.2, 0) is 4.79 Å². The Kier molecular flexibility index (Phi) is 5.82. The first-order valence-corrected chi connectivity index (χ1v) is 12.5. The van der Waals surface area contributed by atoms with Gasteiger partial charge in [-0.2, -0.15) is 0 Å². The molecule has 180 valence electrons. The number of anilines is 2. The molecule has 1 aliphatic rings. The molecule has 0 saturated carbocycles. The zero-order chi connectivity index (χ0) is 24.6. The van der Waals surface area contributed by atoms with Crippen molar-refractivity contribution in [3.63, 3.8) is 0 Å². The second kappa shape index (κ2) is 9.28. The topological polar surface area (TPSA) is 71.3 Å². The third-order valence-electron chi connectivity index (χ3n) is 6.70. The molecule has 0 unspecified atom stereocenters. The van der Waals surface area contributed by atoms with Crippen molar-refractivity contribution < 1.29 is 9.21 Å². The van der Waals surface area contributed by atoms with Gasteiger partial charge in [-0.05, 0) is 66.8 Å². The lowest BCUT2D eigenvalue weighted by molar-refractivity contribution is -0.116. The molecule has 0 spiro atoms. The monoisotopic (exact) mass is 496 g/mol. The van der Waals surface area contributed by atoms with Gasteiger partial charge >= 0.3 is 0 Å². The van der Waals surface area contributed by atoms with E-state index >= 15 is 0 Å². The maximum Gasteiger partial charge on any atom is 0.224 e. The van der Waals surface area contributed by atoms with E-state index in [1.54, 1.807) is 0 Å². The Hall–Kier alpha value is -3.90. The Morgan fingerprint density at radius 1 is 1.06 bits per heavy atom. The van der Waals surface area contributed by atoms with E-state index in [0.29, 0.717) is 22.9 Å². The number of benzene rings is 3. The average Bonchev–Trinajstić information content (AvgIpc) is 3.49. The molecule has 1 fully saturated rings. The Morgan fingerprint density at radius 3 is 2.72 bits per heavy atom. The number of carbonyl (C=O) groups excluding carboxylic acids is 1. The van der Waals surface area contributed by atoms with Crippen LogP contribution in [-0.4, -0.2) is 29.0 Å². The number of para-hydroxylation sites is 1. The molecule has 1 saturated heterocycles. The molecule has 0 radical (unpaired) electrons. The fraction of sp³-hybridized carbons (Fsp3) is 0.207. The number of nitrogens with one attached hydrogen (secondary N) is 1. The smallest absolute Gasteiger partial charge is 0.224 e. The molecular weight excluding hydrogens is 472 g/mol. The quantitative estimate of drug-likeness (QED) is 0.288. The van der Waals surface area contributed by atoms with E-state index in [4.69, 9.17) is 21.0 Å². The second-order valence-electron chi connectivity index (χ2n) is 9.31. The van der Waals surface area contributed by atoms with Crippen molar-refractivity contribution in [2.24, 2.45) is 5.92 Å². The maximum atomic E-state index is 12.8. The highest BCUT2D eigenvalue weighted by molar-refractivity contribution is 6.30. The van der Waals surface area contributed by atoms with E-state index in [1.165, 1.54) is 0 Å². The van der Waals surface area contributed by atoms with Crippen LogP contribution in [0.25, 0.3) is 33.2 Å². The van der Waals surface area contributed by atoms with E-state index in [0.717, 1.165) is 58.6 Å². The number of hydrogen-bond donors (Lipinski definition) is 1. The highest BCUT2D eigenvalue weighted by Crippen LogP contribution is 2.35. The molecule has 3 heterocycles. The first-order chi connectivity index (χ1) is 17.5. The summed E-state index contributed by atoms with van der Waals surface area (Å²) in [7, 11) is 0. The van der Waals surface area contributed by atoms with Crippen molar-refractivity contribution in [1.29, 1.82) is 0 Å². The van der Waals surface area contributed by atoms with Crippen LogP contribution in [0, 0.1) is 12.8 Å². The van der Waals surface area contributed by atoms with E-state index < -0.39 is 0 Å². The predicted octanol–water partition coefficient (Wildman–Crippen LogP) is 6.86. The number of aromatic nitrogens is 2. The molecule has 0 bridgehead atoms. The SMILES string of the molecule is Cc1nc(N2CC[C@H](CC(=O)Nc3ccc(-c4cccc(Cl)c4)cc3)C2)c2oc3ccccc3c2n1. The molecule has 1 aliphatic heterocycles. The normalized spacial score (nSPS) is 15.6. The largest absolute Gasteiger partial charge is 0.450 e. The van der Waals surface area contributed by atoms with Crippen LogP contribution in [0.5, 0.6) is 0 Å². The fourth-order valence-electron chi connectivity index (χ4n) is 4.98. The molecular formula is C29H25ClN4O2. The van der Waals surface area contributed by atoms with Crippen LogP contribution in [0.4, 0.5) is 11.5 Å². The average molecular weight is 497 g/mol. The molecule has 1 amide bonds. The van der Waals surface area contributed by atoms with Gasteiger partial charge in [0, 0.05) is 35.6 Å². The van der Waals surface area contributed by atoms with Crippen LogP contribution in [0.2, 0.25) is 5.02 Å². The van der Waals surface area contributed by atoms with E-state index in [1.807, 2.05) is 79.7 Å². The van der Waals surface area contributed by atoms with Crippen molar-refractivity contribution in [2.75, 3.05) is 23.3 Å². The summed E-state index contributed by atoms with van der Waals surface area (Å²) in [6, 6.07) is 23.5. The summed E-state index contributed by atoms with van der Waals surface area (Å²) in [5.41, 5.74) is 5.26. The van der Waals surface area contributed by atoms with Gasteiger partial charge in [0.05, 0.1) is 0 Å². The van der Waals surface area contributed by atoms with Crippen LogP contribution < -0.4 is 10.2 Å². The van der Waals surface area contributed by atoms with Crippen LogP contribution in [0.3, 0.4) is 0 Å². The summed E-state index contributed by atoms with van der Waals surface area (Å²) in [5, 5.41) is 4.74. The zero-order valence-corrected chi connectivity index (χ0v) is 20.6. The first-order valence-electron chi connectivity index (χ1n) is 12.1. The highest BCUT2D eigenvalue weighted by atomic mass is 35.5. The summed E-state index contributed by atoms with van der Waals surface area (Å²) in [6.45, 7) is 3.49. The molecule has 36 heavy (non-hydrogen) atoms. The molecule has 6 rings (SSSR count). The Morgan fingerprint density at radius 2 is 1.89 bits per heavy atom. The van der Waals surface area contributed by atoms with Gasteiger partial charge in [-0.3, -0.25) is 4.79 Å². The number of furan rings is 1. The van der Waals surface area contributed by atoms with Gasteiger partial charge in [0.1, 0.15) is 16.9 Å². The minimum atomic E-state index is 0.0186. The molecule has 1 atom stereocenters. The summed E-state index contributed by atoms with van der Waals surface area (Å²) >= 11 is 6.11. The predicted molar refractivity (Wildman–Crippen MR) is 145 cm³/mol. The number of nitrogens with zero attached hydrogens (tertiary/aromatic N) is 3. The summed E-state index contributed by atoms with van der Waals surface area (Å²) in [4.78, 5) is 24.4. The van der Waals surface area contributed by atoms with Gasteiger partial charge in [-0.1, -0.05) is 48.0 Å². The molecule has 7 heteroatoms. The summed E-state index contributed by atoms with van der Waals surface area (Å²) < 4.78 is 6.14. The van der Waals surface area contributed by atoms with E-state index in [2.05, 4.69) is 15.2 Å². The highest BCUT2D eigenvalue weighted by Gasteiger charge is 2.28. The van der Waals surface area contributed by atoms with Crippen LogP contribution >= 0.6 is 11.6 Å². The van der Waals surface area contributed by atoms with E-state index in [-0.39, 0.29) is 11.8 Å². The number of carbonyl (C=O) groups is 1. The third kappa shape index (κ3) is 4.40. The second-order valence-corrected chi connectivity index (χ2v) is 9.75. The molecule has 2 aromatic heterocycles. The lowest BCUT2D eigenvalue weighted by atomic mass is 10.0. The summed E-state index contributed by atoms with van der Waals surface area (Å²) in [5.74, 6) is 1.79. The summed E-state index contributed by atoms with van der Waals surface area (Å²) in [6.07, 6.45) is 1.38. The van der Waals surface area contributed by atoms with Gasteiger partial charge in [0.15, 0.2) is 11.4 Å². The molecule has 1 N–H and O–H groups in total. The molecule has 3 aromatic carbocycles. The zero-order valence-electron chi connectivity index (χ0n) is 19.9. The molecule has 5 aromatic rings. The standard InChI is InChI=1S/C29H25ClN4O2/c1-18-31-27-24-7-2-3-8-25(24)36-28(27)29(32-18)34-14-13-19(17-34)15-26(35)33-23-11-9-20(10-12-23)21-5-4-6-22(30)16-21/h2-12,16,19H,13-15,17H2,1H3,(H,33,35)/t19-/m1/s1. The Bertz CT molecular complexity index is 1580. The van der Waals surface area contributed by atoms with Crippen molar-refractivity contribution in [2.45, 2.75) is 19.8 Å². The minimum Gasteiger partial charge on any atom is -0.450 e. The van der Waals surface area contributed by atoms with Crippen molar-refractivity contribution in [3.8, 4) is 11.1 Å². The Balaban J connectivity index is 1.13. The van der Waals surface area contributed by atoms with Crippen molar-refractivity contribution in [1.82, 2.24) is 9.97 Å². The number of halogens is 1. The molecule has 6 nitrogen and oxygen atoms in total. The number of fused-ring (bicyclic) bond motifs is 3. The maximum absolute atomic E-state index is 12.8. The fourth-order valence-corrected chi connectivity index (χ4v) is 5.17.